The fourth-order valence-electron chi connectivity index (χ4n) is 2.93. The SMILES string of the molecule is CC(C)N1CCN(c2ccc(-c3n[nH]nc3C(N)=O)cc2)CC1. The van der Waals surface area contributed by atoms with E-state index in [2.05, 4.69) is 51.2 Å². The third-order valence-corrected chi connectivity index (χ3v) is 4.33. The lowest BCUT2D eigenvalue weighted by atomic mass is 10.1. The number of amides is 1. The molecule has 0 aliphatic carbocycles. The van der Waals surface area contributed by atoms with Crippen molar-refractivity contribution < 1.29 is 4.79 Å². The van der Waals surface area contributed by atoms with Crippen LogP contribution >= 0.6 is 0 Å². The molecule has 2 heterocycles. The minimum absolute atomic E-state index is 0.170. The second-order valence-electron chi connectivity index (χ2n) is 6.05. The summed E-state index contributed by atoms with van der Waals surface area (Å²) in [6.07, 6.45) is 0. The Morgan fingerprint density at radius 2 is 1.78 bits per heavy atom. The van der Waals surface area contributed by atoms with E-state index >= 15 is 0 Å². The summed E-state index contributed by atoms with van der Waals surface area (Å²) in [5.41, 5.74) is 7.98. The van der Waals surface area contributed by atoms with Gasteiger partial charge in [-0.25, -0.2) is 0 Å². The first kappa shape index (κ1) is 15.5. The van der Waals surface area contributed by atoms with Crippen LogP contribution in [-0.4, -0.2) is 58.4 Å². The van der Waals surface area contributed by atoms with E-state index < -0.39 is 5.91 Å². The molecule has 3 rings (SSSR count). The molecule has 1 aliphatic heterocycles. The van der Waals surface area contributed by atoms with Crippen LogP contribution in [-0.2, 0) is 0 Å². The van der Waals surface area contributed by atoms with Gasteiger partial charge in [0.25, 0.3) is 5.91 Å². The molecule has 1 aromatic heterocycles. The maximum Gasteiger partial charge on any atom is 0.271 e. The monoisotopic (exact) mass is 314 g/mol. The predicted octanol–water partition coefficient (Wildman–Crippen LogP) is 1.10. The van der Waals surface area contributed by atoms with Crippen molar-refractivity contribution in [3.63, 3.8) is 0 Å². The Labute approximate surface area is 135 Å². The highest BCUT2D eigenvalue weighted by Gasteiger charge is 2.19. The lowest BCUT2D eigenvalue weighted by Gasteiger charge is -2.38. The zero-order valence-corrected chi connectivity index (χ0v) is 13.5. The molecule has 0 unspecified atom stereocenters. The molecule has 1 amide bonds. The lowest BCUT2D eigenvalue weighted by Crippen LogP contribution is -2.48. The molecule has 1 saturated heterocycles. The number of piperazine rings is 1. The number of carbonyl (C=O) groups is 1. The molecule has 3 N–H and O–H groups in total. The topological polar surface area (TPSA) is 91.1 Å². The maximum absolute atomic E-state index is 11.3. The number of nitrogens with zero attached hydrogens (tertiary/aromatic N) is 4. The van der Waals surface area contributed by atoms with Crippen LogP contribution < -0.4 is 10.6 Å². The van der Waals surface area contributed by atoms with E-state index in [1.165, 1.54) is 5.69 Å². The Morgan fingerprint density at radius 3 is 2.35 bits per heavy atom. The molecule has 0 saturated carbocycles. The van der Waals surface area contributed by atoms with Gasteiger partial charge in [0, 0.05) is 43.5 Å². The molecule has 122 valence electrons. The first-order valence-electron chi connectivity index (χ1n) is 7.86. The molecule has 1 aromatic carbocycles. The molecule has 23 heavy (non-hydrogen) atoms. The van der Waals surface area contributed by atoms with Crippen molar-refractivity contribution in [2.75, 3.05) is 31.1 Å². The van der Waals surface area contributed by atoms with Crippen molar-refractivity contribution in [3.05, 3.63) is 30.0 Å². The quantitative estimate of drug-likeness (QED) is 0.882. The van der Waals surface area contributed by atoms with Crippen molar-refractivity contribution in [2.45, 2.75) is 19.9 Å². The summed E-state index contributed by atoms with van der Waals surface area (Å²) < 4.78 is 0. The highest BCUT2D eigenvalue weighted by molar-refractivity contribution is 5.96. The van der Waals surface area contributed by atoms with E-state index in [9.17, 15) is 4.79 Å². The van der Waals surface area contributed by atoms with Crippen molar-refractivity contribution in [2.24, 2.45) is 5.73 Å². The summed E-state index contributed by atoms with van der Waals surface area (Å²) in [7, 11) is 0. The minimum Gasteiger partial charge on any atom is -0.369 e. The second kappa shape index (κ2) is 6.37. The summed E-state index contributed by atoms with van der Waals surface area (Å²) in [5, 5.41) is 10.3. The highest BCUT2D eigenvalue weighted by atomic mass is 16.1. The van der Waals surface area contributed by atoms with Gasteiger partial charge in [0.15, 0.2) is 5.69 Å². The molecule has 0 bridgehead atoms. The number of benzene rings is 1. The van der Waals surface area contributed by atoms with Crippen LogP contribution in [0.4, 0.5) is 5.69 Å². The third-order valence-electron chi connectivity index (χ3n) is 4.33. The van der Waals surface area contributed by atoms with E-state index in [-0.39, 0.29) is 5.69 Å². The van der Waals surface area contributed by atoms with Gasteiger partial charge in [0.05, 0.1) is 0 Å². The summed E-state index contributed by atoms with van der Waals surface area (Å²) in [5.74, 6) is -0.581. The van der Waals surface area contributed by atoms with Gasteiger partial charge >= 0.3 is 0 Å². The molecule has 1 aliphatic rings. The van der Waals surface area contributed by atoms with E-state index in [4.69, 9.17) is 5.73 Å². The number of carbonyl (C=O) groups excluding carboxylic acids is 1. The Balaban J connectivity index is 1.73. The second-order valence-corrected chi connectivity index (χ2v) is 6.05. The van der Waals surface area contributed by atoms with Gasteiger partial charge in [-0.3, -0.25) is 9.69 Å². The van der Waals surface area contributed by atoms with Crippen LogP contribution in [0.3, 0.4) is 0 Å². The number of hydrogen-bond donors (Lipinski definition) is 2. The van der Waals surface area contributed by atoms with Crippen molar-refractivity contribution >= 4 is 11.6 Å². The largest absolute Gasteiger partial charge is 0.369 e. The summed E-state index contributed by atoms with van der Waals surface area (Å²) in [4.78, 5) is 16.2. The molecule has 0 radical (unpaired) electrons. The number of rotatable bonds is 4. The Bertz CT molecular complexity index is 670. The summed E-state index contributed by atoms with van der Waals surface area (Å²) in [6, 6.07) is 8.61. The summed E-state index contributed by atoms with van der Waals surface area (Å²) >= 11 is 0. The molecule has 2 aromatic rings. The van der Waals surface area contributed by atoms with Crippen LogP contribution in [0.5, 0.6) is 0 Å². The van der Waals surface area contributed by atoms with Crippen LogP contribution in [0.1, 0.15) is 24.3 Å². The van der Waals surface area contributed by atoms with Crippen molar-refractivity contribution in [3.8, 4) is 11.3 Å². The number of primary amides is 1. The number of hydrogen-bond acceptors (Lipinski definition) is 5. The number of aromatic amines is 1. The zero-order valence-electron chi connectivity index (χ0n) is 13.5. The van der Waals surface area contributed by atoms with Crippen molar-refractivity contribution in [1.29, 1.82) is 0 Å². The van der Waals surface area contributed by atoms with Gasteiger partial charge in [-0.2, -0.15) is 15.4 Å². The zero-order chi connectivity index (χ0) is 16.4. The Kier molecular flexibility index (Phi) is 4.29. The number of nitrogens with one attached hydrogen (secondary N) is 1. The Morgan fingerprint density at radius 1 is 1.13 bits per heavy atom. The first-order chi connectivity index (χ1) is 11.1. The molecular formula is C16H22N6O. The number of H-pyrrole nitrogens is 1. The number of aromatic nitrogens is 3. The third kappa shape index (κ3) is 3.19. The number of nitrogens with two attached hydrogens (primary N) is 1. The number of anilines is 1. The predicted molar refractivity (Wildman–Crippen MR) is 89.3 cm³/mol. The lowest BCUT2D eigenvalue weighted by molar-refractivity contribution is 0.0996. The normalized spacial score (nSPS) is 16.0. The van der Waals surface area contributed by atoms with E-state index in [0.29, 0.717) is 11.7 Å². The summed E-state index contributed by atoms with van der Waals surface area (Å²) in [6.45, 7) is 8.67. The standard InChI is InChI=1S/C16H22N6O/c1-11(2)21-7-9-22(10-8-21)13-5-3-12(4-6-13)14-15(16(17)23)19-20-18-14/h3-6,11H,7-10H2,1-2H3,(H2,17,23)(H,18,19,20). The van der Waals surface area contributed by atoms with Crippen molar-refractivity contribution in [1.82, 2.24) is 20.3 Å². The van der Waals surface area contributed by atoms with E-state index in [0.717, 1.165) is 31.7 Å². The molecule has 0 atom stereocenters. The van der Waals surface area contributed by atoms with Crippen LogP contribution in [0, 0.1) is 0 Å². The molecule has 0 spiro atoms. The van der Waals surface area contributed by atoms with E-state index in [1.54, 1.807) is 0 Å². The van der Waals surface area contributed by atoms with Gasteiger partial charge in [-0.15, -0.1) is 0 Å². The van der Waals surface area contributed by atoms with Crippen LogP contribution in [0.15, 0.2) is 24.3 Å². The van der Waals surface area contributed by atoms with Gasteiger partial charge in [0.1, 0.15) is 5.69 Å². The van der Waals surface area contributed by atoms with Gasteiger partial charge < -0.3 is 10.6 Å². The minimum atomic E-state index is -0.581. The van der Waals surface area contributed by atoms with Crippen LogP contribution in [0.2, 0.25) is 0 Å². The molecule has 1 fully saturated rings. The maximum atomic E-state index is 11.3. The fourth-order valence-corrected chi connectivity index (χ4v) is 2.93. The average Bonchev–Trinajstić information content (AvgIpc) is 3.05. The molecular weight excluding hydrogens is 292 g/mol. The highest BCUT2D eigenvalue weighted by Crippen LogP contribution is 2.24. The van der Waals surface area contributed by atoms with Gasteiger partial charge in [-0.1, -0.05) is 12.1 Å². The Hall–Kier alpha value is -2.41. The van der Waals surface area contributed by atoms with Crippen LogP contribution in [0.25, 0.3) is 11.3 Å². The average molecular weight is 314 g/mol. The fraction of sp³-hybridized carbons (Fsp3) is 0.438. The molecule has 7 nitrogen and oxygen atoms in total. The molecule has 7 heteroatoms. The van der Waals surface area contributed by atoms with Gasteiger partial charge in [0.2, 0.25) is 0 Å². The first-order valence-corrected chi connectivity index (χ1v) is 7.86. The van der Waals surface area contributed by atoms with E-state index in [1.807, 2.05) is 12.1 Å². The van der Waals surface area contributed by atoms with Gasteiger partial charge in [-0.05, 0) is 26.0 Å². The smallest absolute Gasteiger partial charge is 0.271 e.